The molecule has 16 heavy (non-hydrogen) atoms. The standard InChI is InChI=1S/C11H18N2O2S/c1-6-4-9(8(3)16-6)7(2)13-5-10(14)11(12)15/h4,7,10,13-14H,5H2,1-3H3,(H2,12,15). The number of aliphatic hydroxyl groups is 1. The number of nitrogens with one attached hydrogen (secondary N) is 1. The second-order valence-corrected chi connectivity index (χ2v) is 5.38. The first-order valence-electron chi connectivity index (χ1n) is 5.19. The summed E-state index contributed by atoms with van der Waals surface area (Å²) >= 11 is 1.74. The second kappa shape index (κ2) is 5.43. The fourth-order valence-electron chi connectivity index (χ4n) is 1.58. The van der Waals surface area contributed by atoms with Gasteiger partial charge in [0.2, 0.25) is 5.91 Å². The van der Waals surface area contributed by atoms with E-state index >= 15 is 0 Å². The van der Waals surface area contributed by atoms with Gasteiger partial charge in [0.05, 0.1) is 0 Å². The smallest absolute Gasteiger partial charge is 0.247 e. The zero-order valence-electron chi connectivity index (χ0n) is 9.78. The van der Waals surface area contributed by atoms with Crippen LogP contribution in [0.3, 0.4) is 0 Å². The van der Waals surface area contributed by atoms with Crippen LogP contribution in [0.4, 0.5) is 0 Å². The molecule has 1 aromatic heterocycles. The number of rotatable bonds is 5. The van der Waals surface area contributed by atoms with Crippen molar-refractivity contribution in [1.82, 2.24) is 5.32 Å². The lowest BCUT2D eigenvalue weighted by atomic mass is 10.1. The summed E-state index contributed by atoms with van der Waals surface area (Å²) in [7, 11) is 0. The van der Waals surface area contributed by atoms with Gasteiger partial charge < -0.3 is 16.2 Å². The highest BCUT2D eigenvalue weighted by molar-refractivity contribution is 7.12. The maximum absolute atomic E-state index is 10.7. The number of carbonyl (C=O) groups excluding carboxylic acids is 1. The predicted molar refractivity (Wildman–Crippen MR) is 65.4 cm³/mol. The maximum atomic E-state index is 10.7. The summed E-state index contributed by atoms with van der Waals surface area (Å²) in [6, 6.07) is 2.23. The minimum absolute atomic E-state index is 0.110. The van der Waals surface area contributed by atoms with Gasteiger partial charge in [-0.25, -0.2) is 0 Å². The average molecular weight is 242 g/mol. The fourth-order valence-corrected chi connectivity index (χ4v) is 2.60. The normalized spacial score (nSPS) is 14.8. The summed E-state index contributed by atoms with van der Waals surface area (Å²) in [6.45, 7) is 6.31. The quantitative estimate of drug-likeness (QED) is 0.717. The molecule has 0 saturated carbocycles. The molecular formula is C11H18N2O2S. The van der Waals surface area contributed by atoms with Gasteiger partial charge in [0.1, 0.15) is 6.10 Å². The first kappa shape index (κ1) is 13.2. The number of carbonyl (C=O) groups is 1. The number of nitrogens with two attached hydrogens (primary N) is 1. The van der Waals surface area contributed by atoms with Crippen LogP contribution in [-0.4, -0.2) is 23.7 Å². The highest BCUT2D eigenvalue weighted by atomic mass is 32.1. The molecule has 1 amide bonds. The lowest BCUT2D eigenvalue weighted by molar-refractivity contribution is -0.125. The van der Waals surface area contributed by atoms with Gasteiger partial charge in [-0.3, -0.25) is 4.79 Å². The molecule has 0 aliphatic rings. The van der Waals surface area contributed by atoms with Gasteiger partial charge in [-0.2, -0.15) is 0 Å². The molecule has 0 radical (unpaired) electrons. The van der Waals surface area contributed by atoms with Gasteiger partial charge in [0.25, 0.3) is 0 Å². The van der Waals surface area contributed by atoms with E-state index in [1.54, 1.807) is 11.3 Å². The molecule has 90 valence electrons. The minimum Gasteiger partial charge on any atom is -0.382 e. The number of hydrogen-bond donors (Lipinski definition) is 3. The molecule has 4 N–H and O–H groups in total. The second-order valence-electron chi connectivity index (χ2n) is 3.92. The summed E-state index contributed by atoms with van der Waals surface area (Å²) < 4.78 is 0. The third-order valence-corrected chi connectivity index (χ3v) is 3.47. The molecule has 1 aromatic rings. The number of amides is 1. The average Bonchev–Trinajstić information content (AvgIpc) is 2.53. The zero-order chi connectivity index (χ0) is 12.3. The van der Waals surface area contributed by atoms with Gasteiger partial charge in [-0.1, -0.05) is 0 Å². The van der Waals surface area contributed by atoms with E-state index in [0.717, 1.165) is 0 Å². The van der Waals surface area contributed by atoms with Gasteiger partial charge in [-0.15, -0.1) is 11.3 Å². The third kappa shape index (κ3) is 3.30. The number of hydrogen-bond acceptors (Lipinski definition) is 4. The Hall–Kier alpha value is -0.910. The molecule has 1 heterocycles. The van der Waals surface area contributed by atoms with Crippen molar-refractivity contribution in [3.8, 4) is 0 Å². The molecule has 0 aromatic carbocycles. The van der Waals surface area contributed by atoms with Crippen molar-refractivity contribution in [2.45, 2.75) is 32.9 Å². The molecule has 0 fully saturated rings. The molecule has 2 unspecified atom stereocenters. The van der Waals surface area contributed by atoms with E-state index in [1.165, 1.54) is 15.3 Å². The molecule has 2 atom stereocenters. The van der Waals surface area contributed by atoms with E-state index in [4.69, 9.17) is 5.73 Å². The summed E-state index contributed by atoms with van der Waals surface area (Å²) in [6.07, 6.45) is -1.12. The summed E-state index contributed by atoms with van der Waals surface area (Å²) in [5.74, 6) is -0.696. The predicted octanol–water partition coefficient (Wildman–Crippen LogP) is 0.862. The van der Waals surface area contributed by atoms with Gasteiger partial charge in [0.15, 0.2) is 0 Å². The van der Waals surface area contributed by atoms with Crippen molar-refractivity contribution in [1.29, 1.82) is 0 Å². The highest BCUT2D eigenvalue weighted by Gasteiger charge is 2.15. The number of thiophene rings is 1. The lowest BCUT2D eigenvalue weighted by Crippen LogP contribution is -2.38. The molecule has 1 rings (SSSR count). The Morgan fingerprint density at radius 1 is 1.62 bits per heavy atom. The van der Waals surface area contributed by atoms with Crippen molar-refractivity contribution in [2.75, 3.05) is 6.54 Å². The lowest BCUT2D eigenvalue weighted by Gasteiger charge is -2.15. The van der Waals surface area contributed by atoms with E-state index < -0.39 is 12.0 Å². The van der Waals surface area contributed by atoms with Crippen LogP contribution in [-0.2, 0) is 4.79 Å². The molecule has 4 nitrogen and oxygen atoms in total. The molecule has 0 bridgehead atoms. The van der Waals surface area contributed by atoms with Gasteiger partial charge in [-0.05, 0) is 32.4 Å². The summed E-state index contributed by atoms with van der Waals surface area (Å²) in [5, 5.41) is 12.4. The van der Waals surface area contributed by atoms with E-state index in [9.17, 15) is 9.90 Å². The monoisotopic (exact) mass is 242 g/mol. The van der Waals surface area contributed by atoms with E-state index in [1.807, 2.05) is 6.92 Å². The third-order valence-electron chi connectivity index (χ3n) is 2.49. The van der Waals surface area contributed by atoms with E-state index in [2.05, 4.69) is 25.2 Å². The van der Waals surface area contributed by atoms with Gasteiger partial charge in [0, 0.05) is 22.3 Å². The molecule has 0 aliphatic heterocycles. The van der Waals surface area contributed by atoms with Crippen LogP contribution in [0.15, 0.2) is 6.07 Å². The van der Waals surface area contributed by atoms with Crippen LogP contribution < -0.4 is 11.1 Å². The molecule has 0 saturated heterocycles. The Bertz CT molecular complexity index is 376. The molecular weight excluding hydrogens is 224 g/mol. The van der Waals surface area contributed by atoms with Crippen LogP contribution in [0, 0.1) is 13.8 Å². The first-order chi connectivity index (χ1) is 7.41. The molecule has 0 aliphatic carbocycles. The van der Waals surface area contributed by atoms with Crippen molar-refractivity contribution < 1.29 is 9.90 Å². The van der Waals surface area contributed by atoms with Crippen LogP contribution in [0.1, 0.15) is 28.3 Å². The van der Waals surface area contributed by atoms with Crippen molar-refractivity contribution in [3.05, 3.63) is 21.4 Å². The number of aliphatic hydroxyl groups excluding tert-OH is 1. The Morgan fingerprint density at radius 3 is 2.69 bits per heavy atom. The Balaban J connectivity index is 2.56. The first-order valence-corrected chi connectivity index (χ1v) is 6.01. The van der Waals surface area contributed by atoms with Crippen molar-refractivity contribution >= 4 is 17.2 Å². The summed E-state index contributed by atoms with van der Waals surface area (Å²) in [5.41, 5.74) is 6.18. The van der Waals surface area contributed by atoms with Crippen LogP contribution >= 0.6 is 11.3 Å². The van der Waals surface area contributed by atoms with E-state index in [0.29, 0.717) is 0 Å². The van der Waals surface area contributed by atoms with Crippen molar-refractivity contribution in [3.63, 3.8) is 0 Å². The SMILES string of the molecule is Cc1cc(C(C)NCC(O)C(N)=O)c(C)s1. The fraction of sp³-hybridized carbons (Fsp3) is 0.545. The summed E-state index contributed by atoms with van der Waals surface area (Å²) in [4.78, 5) is 13.2. The number of primary amides is 1. The number of aryl methyl sites for hydroxylation is 2. The molecule has 0 spiro atoms. The van der Waals surface area contributed by atoms with E-state index in [-0.39, 0.29) is 12.6 Å². The Morgan fingerprint density at radius 2 is 2.25 bits per heavy atom. The van der Waals surface area contributed by atoms with Gasteiger partial charge >= 0.3 is 0 Å². The minimum atomic E-state index is -1.12. The molecule has 5 heteroatoms. The van der Waals surface area contributed by atoms with Crippen LogP contribution in [0.5, 0.6) is 0 Å². The largest absolute Gasteiger partial charge is 0.382 e. The topological polar surface area (TPSA) is 75.3 Å². The Kier molecular flexibility index (Phi) is 4.46. The van der Waals surface area contributed by atoms with Crippen LogP contribution in [0.2, 0.25) is 0 Å². The highest BCUT2D eigenvalue weighted by Crippen LogP contribution is 2.25. The zero-order valence-corrected chi connectivity index (χ0v) is 10.6. The Labute approximate surface area is 99.5 Å². The van der Waals surface area contributed by atoms with Crippen LogP contribution in [0.25, 0.3) is 0 Å². The maximum Gasteiger partial charge on any atom is 0.247 e. The van der Waals surface area contributed by atoms with Crippen molar-refractivity contribution in [2.24, 2.45) is 5.73 Å².